The topological polar surface area (TPSA) is 75.8 Å². The fraction of sp³-hybridized carbons (Fsp3) is 0.280. The smallest absolute Gasteiger partial charge is 0.303 e. The van der Waals surface area contributed by atoms with E-state index in [-0.39, 0.29) is 6.42 Å². The maximum Gasteiger partial charge on any atom is 0.303 e. The van der Waals surface area contributed by atoms with Crippen LogP contribution in [0.2, 0.25) is 0 Å². The Morgan fingerprint density at radius 1 is 1.10 bits per heavy atom. The minimum Gasteiger partial charge on any atom is -0.494 e. The number of fused-ring (bicyclic) bond motifs is 2. The molecule has 0 amide bonds. The van der Waals surface area contributed by atoms with Crippen molar-refractivity contribution in [2.24, 2.45) is 0 Å². The van der Waals surface area contributed by atoms with Crippen LogP contribution in [-0.4, -0.2) is 35.8 Å². The number of rotatable bonds is 9. The average Bonchev–Trinajstić information content (AvgIpc) is 3.20. The molecule has 0 atom stereocenters. The van der Waals surface area contributed by atoms with Crippen molar-refractivity contribution in [3.63, 3.8) is 0 Å². The van der Waals surface area contributed by atoms with Crippen LogP contribution >= 0.6 is 0 Å². The molecule has 160 valence electrons. The van der Waals surface area contributed by atoms with Gasteiger partial charge in [0.1, 0.15) is 11.3 Å². The fourth-order valence-electron chi connectivity index (χ4n) is 3.77. The van der Waals surface area contributed by atoms with Gasteiger partial charge in [-0.2, -0.15) is 0 Å². The van der Waals surface area contributed by atoms with Crippen LogP contribution in [0, 0.1) is 0 Å². The Morgan fingerprint density at radius 2 is 1.94 bits per heavy atom. The quantitative estimate of drug-likeness (QED) is 0.350. The molecule has 0 fully saturated rings. The van der Waals surface area contributed by atoms with E-state index >= 15 is 0 Å². The third-order valence-corrected chi connectivity index (χ3v) is 5.39. The van der Waals surface area contributed by atoms with Crippen molar-refractivity contribution in [1.29, 1.82) is 0 Å². The van der Waals surface area contributed by atoms with E-state index in [1.165, 1.54) is 0 Å². The van der Waals surface area contributed by atoms with Gasteiger partial charge in [-0.25, -0.2) is 4.98 Å². The largest absolute Gasteiger partial charge is 0.494 e. The molecule has 1 N–H and O–H groups in total. The Kier molecular flexibility index (Phi) is 6.07. The number of hydrogen-bond donors (Lipinski definition) is 1. The maximum absolute atomic E-state index is 10.6. The number of oxazole rings is 1. The van der Waals surface area contributed by atoms with Crippen molar-refractivity contribution < 1.29 is 19.1 Å². The van der Waals surface area contributed by atoms with Crippen molar-refractivity contribution in [2.45, 2.75) is 26.7 Å². The molecule has 3 aromatic carbocycles. The van der Waals surface area contributed by atoms with Gasteiger partial charge in [0, 0.05) is 36.8 Å². The summed E-state index contributed by atoms with van der Waals surface area (Å²) in [6.07, 6.45) is 0.581. The summed E-state index contributed by atoms with van der Waals surface area (Å²) < 4.78 is 11.9. The number of aliphatic carboxylic acids is 1. The summed E-state index contributed by atoms with van der Waals surface area (Å²) in [6, 6.07) is 18.0. The fourth-order valence-corrected chi connectivity index (χ4v) is 3.77. The summed E-state index contributed by atoms with van der Waals surface area (Å²) in [5.41, 5.74) is 3.66. The molecule has 1 aromatic heterocycles. The van der Waals surface area contributed by atoms with Gasteiger partial charge in [-0.15, -0.1) is 0 Å². The number of aromatic nitrogens is 1. The van der Waals surface area contributed by atoms with E-state index in [0.717, 1.165) is 52.0 Å². The Labute approximate surface area is 181 Å². The predicted molar refractivity (Wildman–Crippen MR) is 123 cm³/mol. The summed E-state index contributed by atoms with van der Waals surface area (Å²) in [5, 5.41) is 10.8. The lowest BCUT2D eigenvalue weighted by Gasteiger charge is -2.20. The van der Waals surface area contributed by atoms with Gasteiger partial charge in [-0.3, -0.25) is 4.79 Å². The second-order valence-electron chi connectivity index (χ2n) is 7.38. The van der Waals surface area contributed by atoms with E-state index in [1.807, 2.05) is 48.5 Å². The first-order chi connectivity index (χ1) is 15.1. The summed E-state index contributed by atoms with van der Waals surface area (Å²) in [4.78, 5) is 17.6. The van der Waals surface area contributed by atoms with Crippen molar-refractivity contribution in [3.8, 4) is 17.2 Å². The van der Waals surface area contributed by atoms with Gasteiger partial charge in [-0.1, -0.05) is 12.1 Å². The molecule has 0 radical (unpaired) electrons. The van der Waals surface area contributed by atoms with Crippen LogP contribution in [-0.2, 0) is 4.79 Å². The zero-order chi connectivity index (χ0) is 21.8. The van der Waals surface area contributed by atoms with Crippen LogP contribution in [0.3, 0.4) is 0 Å². The summed E-state index contributed by atoms with van der Waals surface area (Å²) in [6.45, 7) is 6.52. The van der Waals surface area contributed by atoms with E-state index < -0.39 is 5.97 Å². The minimum absolute atomic E-state index is 0.103. The van der Waals surface area contributed by atoms with Crippen LogP contribution in [0.25, 0.3) is 33.3 Å². The molecule has 0 aliphatic carbocycles. The molecule has 0 spiro atoms. The normalized spacial score (nSPS) is 11.2. The Bertz CT molecular complexity index is 1210. The maximum atomic E-state index is 10.6. The molecule has 0 saturated heterocycles. The highest BCUT2D eigenvalue weighted by Gasteiger charge is 2.13. The first-order valence-corrected chi connectivity index (χ1v) is 10.6. The number of ether oxygens (including phenoxy) is 1. The van der Waals surface area contributed by atoms with Crippen LogP contribution < -0.4 is 9.64 Å². The molecule has 0 aliphatic heterocycles. The molecular weight excluding hydrogens is 392 g/mol. The standard InChI is InChI=1S/C25H26N2O4/c1-3-27(4-2)18-10-13-22-23(16-18)31-25(26-22)21-8-5-7-17-15-19(11-12-20(17)21)30-14-6-9-24(28)29/h5,7-8,10-13,15-16H,3-4,6,9,14H2,1-2H3,(H,28,29). The highest BCUT2D eigenvalue weighted by molar-refractivity contribution is 5.96. The number of benzene rings is 3. The molecule has 6 heteroatoms. The zero-order valence-electron chi connectivity index (χ0n) is 17.8. The van der Waals surface area contributed by atoms with Crippen molar-refractivity contribution in [3.05, 3.63) is 54.6 Å². The van der Waals surface area contributed by atoms with Gasteiger partial charge in [0.25, 0.3) is 0 Å². The third kappa shape index (κ3) is 4.48. The zero-order valence-corrected chi connectivity index (χ0v) is 17.8. The number of carbonyl (C=O) groups is 1. The molecule has 31 heavy (non-hydrogen) atoms. The average molecular weight is 418 g/mol. The van der Waals surface area contributed by atoms with Crippen molar-refractivity contribution >= 4 is 33.5 Å². The van der Waals surface area contributed by atoms with E-state index in [0.29, 0.717) is 18.9 Å². The van der Waals surface area contributed by atoms with Gasteiger partial charge in [0.05, 0.1) is 6.61 Å². The Morgan fingerprint density at radius 3 is 2.71 bits per heavy atom. The molecular formula is C25H26N2O4. The van der Waals surface area contributed by atoms with Crippen LogP contribution in [0.15, 0.2) is 59.0 Å². The van der Waals surface area contributed by atoms with Gasteiger partial charge in [0.15, 0.2) is 5.58 Å². The van der Waals surface area contributed by atoms with E-state index in [1.54, 1.807) is 0 Å². The molecule has 4 rings (SSSR count). The number of anilines is 1. The SMILES string of the molecule is CCN(CC)c1ccc2nc(-c3cccc4cc(OCCCC(=O)O)ccc34)oc2c1. The monoisotopic (exact) mass is 418 g/mol. The lowest BCUT2D eigenvalue weighted by Crippen LogP contribution is -2.21. The second kappa shape index (κ2) is 9.08. The Hall–Kier alpha value is -3.54. The highest BCUT2D eigenvalue weighted by atomic mass is 16.5. The second-order valence-corrected chi connectivity index (χ2v) is 7.38. The molecule has 0 saturated carbocycles. The van der Waals surface area contributed by atoms with E-state index in [4.69, 9.17) is 19.2 Å². The number of hydrogen-bond acceptors (Lipinski definition) is 5. The number of nitrogens with zero attached hydrogens (tertiary/aromatic N) is 2. The molecule has 0 bridgehead atoms. The van der Waals surface area contributed by atoms with Crippen molar-refractivity contribution in [1.82, 2.24) is 4.98 Å². The number of carboxylic acid groups (broad SMARTS) is 1. The van der Waals surface area contributed by atoms with Gasteiger partial charge in [-0.05, 0) is 67.4 Å². The molecule has 4 aromatic rings. The molecule has 0 aliphatic rings. The summed E-state index contributed by atoms with van der Waals surface area (Å²) >= 11 is 0. The van der Waals surface area contributed by atoms with Gasteiger partial charge < -0.3 is 19.2 Å². The molecule has 6 nitrogen and oxygen atoms in total. The lowest BCUT2D eigenvalue weighted by atomic mass is 10.0. The highest BCUT2D eigenvalue weighted by Crippen LogP contribution is 2.33. The van der Waals surface area contributed by atoms with Gasteiger partial charge in [0.2, 0.25) is 5.89 Å². The predicted octanol–water partition coefficient (Wildman–Crippen LogP) is 5.74. The van der Waals surface area contributed by atoms with Crippen LogP contribution in [0.1, 0.15) is 26.7 Å². The molecule has 0 unspecified atom stereocenters. The minimum atomic E-state index is -0.811. The Balaban J connectivity index is 1.63. The summed E-state index contributed by atoms with van der Waals surface area (Å²) in [7, 11) is 0. The first-order valence-electron chi connectivity index (χ1n) is 10.6. The first kappa shape index (κ1) is 20.7. The summed E-state index contributed by atoms with van der Waals surface area (Å²) in [5.74, 6) is 0.498. The van der Waals surface area contributed by atoms with Crippen LogP contribution in [0.4, 0.5) is 5.69 Å². The van der Waals surface area contributed by atoms with E-state index in [9.17, 15) is 4.79 Å². The lowest BCUT2D eigenvalue weighted by molar-refractivity contribution is -0.137. The van der Waals surface area contributed by atoms with Crippen molar-refractivity contribution in [2.75, 3.05) is 24.6 Å². The van der Waals surface area contributed by atoms with E-state index in [2.05, 4.69) is 24.8 Å². The van der Waals surface area contributed by atoms with Crippen LogP contribution in [0.5, 0.6) is 5.75 Å². The third-order valence-electron chi connectivity index (χ3n) is 5.39. The van der Waals surface area contributed by atoms with Gasteiger partial charge >= 0.3 is 5.97 Å². The number of carboxylic acids is 1. The molecule has 1 heterocycles.